The number of fused-ring (bicyclic) bond motifs is 1. The molecule has 1 heterocycles. The second kappa shape index (κ2) is 9.06. The lowest BCUT2D eigenvalue weighted by molar-refractivity contribution is 0.0696. The van der Waals surface area contributed by atoms with E-state index in [2.05, 4.69) is 16.0 Å². The predicted octanol–water partition coefficient (Wildman–Crippen LogP) is 4.91. The molecule has 0 unspecified atom stereocenters. The quantitative estimate of drug-likeness (QED) is 0.407. The molecular formula is C25H19N3O4. The van der Waals surface area contributed by atoms with Gasteiger partial charge in [0.25, 0.3) is 0 Å². The molecule has 4 aromatic rings. The van der Waals surface area contributed by atoms with Crippen molar-refractivity contribution in [1.29, 1.82) is 5.26 Å². The number of aromatic carboxylic acids is 1. The van der Waals surface area contributed by atoms with Gasteiger partial charge in [-0.05, 0) is 53.6 Å². The number of aromatic nitrogens is 2. The van der Waals surface area contributed by atoms with Crippen LogP contribution < -0.4 is 9.47 Å². The number of H-pyrrole nitrogens is 1. The fourth-order valence-corrected chi connectivity index (χ4v) is 3.18. The molecule has 0 saturated carbocycles. The molecule has 0 bridgehead atoms. The lowest BCUT2D eigenvalue weighted by Crippen LogP contribution is -2.00. The van der Waals surface area contributed by atoms with E-state index in [1.165, 1.54) is 6.07 Å². The van der Waals surface area contributed by atoms with E-state index in [1.54, 1.807) is 37.5 Å². The van der Waals surface area contributed by atoms with E-state index in [4.69, 9.17) is 14.6 Å². The van der Waals surface area contributed by atoms with Gasteiger partial charge in [-0.3, -0.25) is 0 Å². The Morgan fingerprint density at radius 2 is 1.91 bits per heavy atom. The van der Waals surface area contributed by atoms with Crippen LogP contribution in [0.25, 0.3) is 22.7 Å². The lowest BCUT2D eigenvalue weighted by Gasteiger charge is -2.07. The zero-order chi connectivity index (χ0) is 22.5. The molecule has 32 heavy (non-hydrogen) atoms. The third kappa shape index (κ3) is 4.60. The van der Waals surface area contributed by atoms with E-state index in [0.717, 1.165) is 22.2 Å². The van der Waals surface area contributed by atoms with Crippen LogP contribution in [0, 0.1) is 11.3 Å². The normalized spacial score (nSPS) is 11.2. The van der Waals surface area contributed by atoms with Crippen molar-refractivity contribution in [3.05, 3.63) is 89.2 Å². The van der Waals surface area contributed by atoms with Gasteiger partial charge in [0.1, 0.15) is 30.0 Å². The molecule has 0 fully saturated rings. The van der Waals surface area contributed by atoms with Crippen molar-refractivity contribution in [3.8, 4) is 17.6 Å². The van der Waals surface area contributed by atoms with Crippen molar-refractivity contribution in [3.63, 3.8) is 0 Å². The highest BCUT2D eigenvalue weighted by atomic mass is 16.5. The molecule has 0 saturated heterocycles. The number of rotatable bonds is 7. The lowest BCUT2D eigenvalue weighted by atomic mass is 10.1. The first-order valence-electron chi connectivity index (χ1n) is 9.77. The van der Waals surface area contributed by atoms with Gasteiger partial charge in [-0.2, -0.15) is 5.26 Å². The summed E-state index contributed by atoms with van der Waals surface area (Å²) in [6.07, 6.45) is 1.75. The van der Waals surface area contributed by atoms with Crippen LogP contribution in [0.3, 0.4) is 0 Å². The molecular weight excluding hydrogens is 406 g/mol. The molecule has 0 aliphatic rings. The van der Waals surface area contributed by atoms with E-state index in [1.807, 2.05) is 36.4 Å². The Labute approximate surface area is 184 Å². The Hall–Kier alpha value is -4.57. The predicted molar refractivity (Wildman–Crippen MR) is 120 cm³/mol. The summed E-state index contributed by atoms with van der Waals surface area (Å²) in [5.74, 6) is 0.854. The van der Waals surface area contributed by atoms with Gasteiger partial charge in [-0.1, -0.05) is 24.3 Å². The Balaban J connectivity index is 1.48. The molecule has 7 nitrogen and oxygen atoms in total. The number of allylic oxidation sites excluding steroid dienone is 1. The maximum absolute atomic E-state index is 11.1. The van der Waals surface area contributed by atoms with Crippen LogP contribution >= 0.6 is 0 Å². The number of aromatic amines is 1. The summed E-state index contributed by atoms with van der Waals surface area (Å²) in [5, 5.41) is 18.7. The van der Waals surface area contributed by atoms with Gasteiger partial charge in [-0.25, -0.2) is 9.78 Å². The molecule has 0 spiro atoms. The van der Waals surface area contributed by atoms with E-state index in [9.17, 15) is 10.1 Å². The third-order valence-corrected chi connectivity index (χ3v) is 4.84. The second-order valence-electron chi connectivity index (χ2n) is 7.00. The molecule has 7 heteroatoms. The van der Waals surface area contributed by atoms with Crippen molar-refractivity contribution in [1.82, 2.24) is 9.97 Å². The summed E-state index contributed by atoms with van der Waals surface area (Å²) in [5.41, 5.74) is 3.75. The van der Waals surface area contributed by atoms with Gasteiger partial charge >= 0.3 is 5.97 Å². The minimum Gasteiger partial charge on any atom is -0.497 e. The Bertz CT molecular complexity index is 1350. The van der Waals surface area contributed by atoms with Gasteiger partial charge in [0.05, 0.1) is 29.3 Å². The molecule has 2 N–H and O–H groups in total. The van der Waals surface area contributed by atoms with E-state index in [0.29, 0.717) is 22.9 Å². The van der Waals surface area contributed by atoms with Crippen LogP contribution in [0.15, 0.2) is 66.7 Å². The number of carbonyl (C=O) groups is 1. The third-order valence-electron chi connectivity index (χ3n) is 4.84. The van der Waals surface area contributed by atoms with E-state index >= 15 is 0 Å². The Kier molecular flexibility index (Phi) is 5.86. The number of nitrogens with one attached hydrogen (secondary N) is 1. The van der Waals surface area contributed by atoms with Crippen molar-refractivity contribution in [2.24, 2.45) is 0 Å². The molecule has 0 amide bonds. The van der Waals surface area contributed by atoms with Gasteiger partial charge in [0, 0.05) is 6.07 Å². The number of hydrogen-bond donors (Lipinski definition) is 2. The maximum Gasteiger partial charge on any atom is 0.335 e. The molecule has 1 aromatic heterocycles. The summed E-state index contributed by atoms with van der Waals surface area (Å²) < 4.78 is 11.0. The molecule has 0 radical (unpaired) electrons. The summed E-state index contributed by atoms with van der Waals surface area (Å²) in [7, 11) is 1.60. The average molecular weight is 425 g/mol. The summed E-state index contributed by atoms with van der Waals surface area (Å²) in [6.45, 7) is 0.252. The highest BCUT2D eigenvalue weighted by Gasteiger charge is 2.09. The van der Waals surface area contributed by atoms with Gasteiger partial charge in [0.15, 0.2) is 0 Å². The molecule has 0 atom stereocenters. The Morgan fingerprint density at radius 1 is 1.12 bits per heavy atom. The minimum atomic E-state index is -0.972. The fourth-order valence-electron chi connectivity index (χ4n) is 3.18. The summed E-state index contributed by atoms with van der Waals surface area (Å²) >= 11 is 0. The van der Waals surface area contributed by atoms with E-state index in [-0.39, 0.29) is 12.2 Å². The van der Waals surface area contributed by atoms with Crippen molar-refractivity contribution < 1.29 is 19.4 Å². The highest BCUT2D eigenvalue weighted by molar-refractivity contribution is 5.90. The zero-order valence-electron chi connectivity index (χ0n) is 17.2. The molecule has 0 aliphatic carbocycles. The van der Waals surface area contributed by atoms with Crippen LogP contribution in [0.2, 0.25) is 0 Å². The largest absolute Gasteiger partial charge is 0.497 e. The monoisotopic (exact) mass is 425 g/mol. The van der Waals surface area contributed by atoms with Crippen LogP contribution in [-0.2, 0) is 6.61 Å². The van der Waals surface area contributed by atoms with Gasteiger partial charge < -0.3 is 19.6 Å². The van der Waals surface area contributed by atoms with E-state index < -0.39 is 5.97 Å². The van der Waals surface area contributed by atoms with Crippen molar-refractivity contribution in [2.45, 2.75) is 6.61 Å². The first-order chi connectivity index (χ1) is 15.6. The number of hydrogen-bond acceptors (Lipinski definition) is 5. The SMILES string of the molecule is COc1ccc2nc(/C(C#N)=C\c3ccc(OCc4cccc(C(=O)O)c4)cc3)[nH]c2c1. The molecule has 4 rings (SSSR count). The number of carboxylic acids is 1. The minimum absolute atomic E-state index is 0.222. The number of benzene rings is 3. The number of nitrogens with zero attached hydrogens (tertiary/aromatic N) is 2. The maximum atomic E-state index is 11.1. The van der Waals surface area contributed by atoms with Crippen LogP contribution in [0.4, 0.5) is 0 Å². The molecule has 158 valence electrons. The first kappa shape index (κ1) is 20.7. The summed E-state index contributed by atoms with van der Waals surface area (Å²) in [4.78, 5) is 18.7. The number of imidazole rings is 1. The standard InChI is InChI=1S/C25H19N3O4/c1-31-21-9-10-22-23(13-21)28-24(27-22)19(14-26)11-16-5-7-20(8-6-16)32-15-17-3-2-4-18(12-17)25(29)30/h2-13H,15H2,1H3,(H,27,28)(H,29,30)/b19-11-. The van der Waals surface area contributed by atoms with Crippen molar-refractivity contribution in [2.75, 3.05) is 7.11 Å². The second-order valence-corrected chi connectivity index (χ2v) is 7.00. The highest BCUT2D eigenvalue weighted by Crippen LogP contribution is 2.23. The van der Waals surface area contributed by atoms with Gasteiger partial charge in [-0.15, -0.1) is 0 Å². The van der Waals surface area contributed by atoms with Crippen LogP contribution in [0.5, 0.6) is 11.5 Å². The Morgan fingerprint density at radius 3 is 2.62 bits per heavy atom. The fraction of sp³-hybridized carbons (Fsp3) is 0.0800. The average Bonchev–Trinajstić information content (AvgIpc) is 3.25. The number of ether oxygens (including phenoxy) is 2. The van der Waals surface area contributed by atoms with Crippen LogP contribution in [-0.4, -0.2) is 28.2 Å². The summed E-state index contributed by atoms with van der Waals surface area (Å²) in [6, 6.07) is 21.6. The zero-order valence-corrected chi connectivity index (χ0v) is 17.2. The van der Waals surface area contributed by atoms with Crippen molar-refractivity contribution >= 4 is 28.7 Å². The van der Waals surface area contributed by atoms with Gasteiger partial charge in [0.2, 0.25) is 0 Å². The number of nitriles is 1. The molecule has 3 aromatic carbocycles. The first-order valence-corrected chi connectivity index (χ1v) is 9.77. The molecule has 0 aliphatic heterocycles. The number of methoxy groups -OCH3 is 1. The number of carboxylic acid groups (broad SMARTS) is 1. The smallest absolute Gasteiger partial charge is 0.335 e. The van der Waals surface area contributed by atoms with Crippen LogP contribution in [0.1, 0.15) is 27.3 Å². The topological polar surface area (TPSA) is 108 Å².